The van der Waals surface area contributed by atoms with Gasteiger partial charge in [0.2, 0.25) is 11.8 Å². The van der Waals surface area contributed by atoms with Gasteiger partial charge in [-0.2, -0.15) is 14.8 Å². The van der Waals surface area contributed by atoms with E-state index in [-0.39, 0.29) is 24.0 Å². The van der Waals surface area contributed by atoms with Gasteiger partial charge in [0, 0.05) is 11.6 Å². The van der Waals surface area contributed by atoms with Crippen LogP contribution in [0.25, 0.3) is 11.5 Å². The number of halogens is 2. The predicted molar refractivity (Wildman–Crippen MR) is 96.7 cm³/mol. The first-order valence-corrected chi connectivity index (χ1v) is 8.45. The topological polar surface area (TPSA) is 122 Å². The van der Waals surface area contributed by atoms with Crippen molar-refractivity contribution in [3.05, 3.63) is 59.7 Å². The van der Waals surface area contributed by atoms with E-state index in [1.54, 1.807) is 31.2 Å². The van der Waals surface area contributed by atoms with Gasteiger partial charge in [0.25, 0.3) is 6.43 Å². The predicted octanol–water partition coefficient (Wildman–Crippen LogP) is 2.05. The summed E-state index contributed by atoms with van der Waals surface area (Å²) in [6, 6.07) is 9.05. The van der Waals surface area contributed by atoms with Crippen LogP contribution in [0.4, 0.5) is 14.7 Å². The molecule has 10 nitrogen and oxygen atoms in total. The molecule has 148 valence electrons. The third kappa shape index (κ3) is 3.72. The minimum absolute atomic E-state index is 0.0632. The van der Waals surface area contributed by atoms with Gasteiger partial charge in [-0.15, -0.1) is 15.3 Å². The molecule has 0 bridgehead atoms. The largest absolute Gasteiger partial charge is 0.470 e. The van der Waals surface area contributed by atoms with Crippen molar-refractivity contribution in [1.29, 1.82) is 0 Å². The number of benzene rings is 1. The molecule has 29 heavy (non-hydrogen) atoms. The molecule has 0 saturated heterocycles. The minimum atomic E-state index is -2.53. The van der Waals surface area contributed by atoms with Crippen LogP contribution in [0.2, 0.25) is 0 Å². The highest BCUT2D eigenvalue weighted by Gasteiger charge is 2.14. The summed E-state index contributed by atoms with van der Waals surface area (Å²) in [5.41, 5.74) is 7.51. The van der Waals surface area contributed by atoms with Crippen molar-refractivity contribution in [3.63, 3.8) is 0 Å². The smallest absolute Gasteiger partial charge is 0.263 e. The van der Waals surface area contributed by atoms with Crippen LogP contribution in [-0.2, 0) is 6.61 Å². The first kappa shape index (κ1) is 18.4. The molecule has 0 aliphatic carbocycles. The summed E-state index contributed by atoms with van der Waals surface area (Å²) in [7, 11) is 0. The average Bonchev–Trinajstić information content (AvgIpc) is 3.32. The summed E-state index contributed by atoms with van der Waals surface area (Å²) in [4.78, 5) is 3.82. The van der Waals surface area contributed by atoms with E-state index in [2.05, 4.69) is 30.6 Å². The molecule has 0 unspecified atom stereocenters. The van der Waals surface area contributed by atoms with Crippen LogP contribution < -0.4 is 10.5 Å². The van der Waals surface area contributed by atoms with Gasteiger partial charge in [-0.05, 0) is 25.1 Å². The second kappa shape index (κ2) is 7.58. The van der Waals surface area contributed by atoms with Crippen molar-refractivity contribution in [2.24, 2.45) is 0 Å². The quantitative estimate of drug-likeness (QED) is 0.523. The molecule has 3 aromatic heterocycles. The molecule has 0 saturated carbocycles. The van der Waals surface area contributed by atoms with Gasteiger partial charge in [0.15, 0.2) is 5.82 Å². The fourth-order valence-corrected chi connectivity index (χ4v) is 2.58. The molecule has 0 amide bonds. The maximum atomic E-state index is 12.7. The summed E-state index contributed by atoms with van der Waals surface area (Å²) in [6.07, 6.45) is -1.22. The third-order valence-electron chi connectivity index (χ3n) is 4.12. The Morgan fingerprint density at radius 3 is 2.45 bits per heavy atom. The fourth-order valence-electron chi connectivity index (χ4n) is 2.58. The van der Waals surface area contributed by atoms with Crippen molar-refractivity contribution in [3.8, 4) is 17.4 Å². The first-order chi connectivity index (χ1) is 14.0. The first-order valence-electron chi connectivity index (χ1n) is 8.45. The van der Waals surface area contributed by atoms with E-state index >= 15 is 0 Å². The number of nitrogens with zero attached hydrogens (tertiary/aromatic N) is 8. The molecule has 4 aromatic rings. The van der Waals surface area contributed by atoms with Crippen molar-refractivity contribution < 1.29 is 13.5 Å². The molecule has 1 aromatic carbocycles. The molecule has 0 radical (unpaired) electrons. The van der Waals surface area contributed by atoms with E-state index in [1.807, 2.05) is 0 Å². The van der Waals surface area contributed by atoms with E-state index in [1.165, 1.54) is 27.8 Å². The highest BCUT2D eigenvalue weighted by Crippen LogP contribution is 2.21. The summed E-state index contributed by atoms with van der Waals surface area (Å²) < 4.78 is 34.1. The Morgan fingerprint density at radius 1 is 1.03 bits per heavy atom. The molecule has 3 heterocycles. The lowest BCUT2D eigenvalue weighted by atomic mass is 10.2. The van der Waals surface area contributed by atoms with Gasteiger partial charge in [0.1, 0.15) is 18.6 Å². The van der Waals surface area contributed by atoms with Crippen LogP contribution in [0.3, 0.4) is 0 Å². The van der Waals surface area contributed by atoms with Crippen LogP contribution in [0, 0.1) is 6.92 Å². The molecule has 0 aliphatic rings. The van der Waals surface area contributed by atoms with Gasteiger partial charge >= 0.3 is 0 Å². The number of nitrogens with two attached hydrogens (primary N) is 1. The fraction of sp³-hybridized carbons (Fsp3) is 0.176. The zero-order valence-corrected chi connectivity index (χ0v) is 15.1. The zero-order valence-electron chi connectivity index (χ0n) is 15.1. The Hall–Kier alpha value is -3.96. The van der Waals surface area contributed by atoms with Crippen LogP contribution in [0.5, 0.6) is 5.88 Å². The Kier molecular flexibility index (Phi) is 4.81. The maximum absolute atomic E-state index is 12.7. The van der Waals surface area contributed by atoms with E-state index in [0.717, 1.165) is 0 Å². The number of anilines is 1. The summed E-state index contributed by atoms with van der Waals surface area (Å²) in [5, 5.41) is 20.0. The van der Waals surface area contributed by atoms with Gasteiger partial charge < -0.3 is 10.5 Å². The third-order valence-corrected chi connectivity index (χ3v) is 4.12. The van der Waals surface area contributed by atoms with Crippen molar-refractivity contribution in [2.45, 2.75) is 20.0 Å². The van der Waals surface area contributed by atoms with Crippen LogP contribution in [-0.4, -0.2) is 40.0 Å². The molecule has 0 aliphatic heterocycles. The van der Waals surface area contributed by atoms with Crippen LogP contribution in [0.1, 0.15) is 23.4 Å². The number of aromatic nitrogens is 8. The van der Waals surface area contributed by atoms with Crippen molar-refractivity contribution >= 4 is 5.95 Å². The van der Waals surface area contributed by atoms with Gasteiger partial charge in [-0.1, -0.05) is 17.3 Å². The minimum Gasteiger partial charge on any atom is -0.470 e. The van der Waals surface area contributed by atoms with Crippen LogP contribution >= 0.6 is 0 Å². The van der Waals surface area contributed by atoms with Crippen LogP contribution in [0.15, 0.2) is 42.7 Å². The van der Waals surface area contributed by atoms with Crippen molar-refractivity contribution in [1.82, 2.24) is 40.0 Å². The number of aryl methyl sites for hydroxylation is 1. The molecule has 4 rings (SSSR count). The second-order valence-electron chi connectivity index (χ2n) is 5.97. The molecular weight excluding hydrogens is 384 g/mol. The number of ether oxygens (including phenoxy) is 1. The van der Waals surface area contributed by atoms with E-state index in [9.17, 15) is 8.78 Å². The van der Waals surface area contributed by atoms with Crippen molar-refractivity contribution in [2.75, 3.05) is 5.73 Å². The second-order valence-corrected chi connectivity index (χ2v) is 5.97. The number of rotatable bonds is 6. The summed E-state index contributed by atoms with van der Waals surface area (Å²) in [6.45, 7) is 1.88. The van der Waals surface area contributed by atoms with E-state index in [4.69, 9.17) is 10.5 Å². The van der Waals surface area contributed by atoms with Gasteiger partial charge in [-0.3, -0.25) is 0 Å². The number of hydrogen-bond acceptors (Lipinski definition) is 8. The Balaban J connectivity index is 1.50. The monoisotopic (exact) mass is 399 g/mol. The number of hydrogen-bond donors (Lipinski definition) is 1. The number of alkyl halides is 2. The Labute approximate surface area is 163 Å². The molecule has 12 heteroatoms. The Morgan fingerprint density at radius 2 is 1.83 bits per heavy atom. The lowest BCUT2D eigenvalue weighted by Gasteiger charge is -2.09. The highest BCUT2D eigenvalue weighted by molar-refractivity contribution is 5.36. The highest BCUT2D eigenvalue weighted by atomic mass is 19.3. The molecule has 0 atom stereocenters. The Bertz CT molecular complexity index is 1110. The lowest BCUT2D eigenvalue weighted by Crippen LogP contribution is -2.09. The number of nitrogen functional groups attached to an aromatic ring is 1. The summed E-state index contributed by atoms with van der Waals surface area (Å²) in [5.74, 6) is 0.860. The molecule has 0 fully saturated rings. The lowest BCUT2D eigenvalue weighted by molar-refractivity contribution is 0.151. The SMILES string of the molecule is Cc1nnn(-c2ccc(C(F)F)cc2)c1COc1ccc(-n2ncnc2N)nn1. The van der Waals surface area contributed by atoms with Gasteiger partial charge in [0.05, 0.1) is 11.4 Å². The normalized spacial score (nSPS) is 11.2. The van der Waals surface area contributed by atoms with Gasteiger partial charge in [-0.25, -0.2) is 13.5 Å². The molecule has 0 spiro atoms. The van der Waals surface area contributed by atoms with E-state index < -0.39 is 6.43 Å². The average molecular weight is 399 g/mol. The molecular formula is C17H15F2N9O. The van der Waals surface area contributed by atoms with E-state index in [0.29, 0.717) is 22.9 Å². The molecule has 2 N–H and O–H groups in total. The zero-order chi connectivity index (χ0) is 20.4. The maximum Gasteiger partial charge on any atom is 0.263 e. The summed E-state index contributed by atoms with van der Waals surface area (Å²) >= 11 is 0. The standard InChI is InChI=1S/C17H15F2N9O/c1-10-13(27(26-23-10)12-4-2-11(3-5-12)16(18)19)8-29-15-7-6-14(24-25-15)28-17(20)21-9-22-28/h2-7,9,16H,8H2,1H3,(H2,20,21,22).